The summed E-state index contributed by atoms with van der Waals surface area (Å²) in [7, 11) is 0. The number of furan rings is 1. The molecule has 3 heterocycles. The van der Waals surface area contributed by atoms with E-state index < -0.39 is 0 Å². The average molecular weight is 701 g/mol. The van der Waals surface area contributed by atoms with Gasteiger partial charge in [0.15, 0.2) is 0 Å². The Kier molecular flexibility index (Phi) is 6.61. The number of hydrogen-bond acceptors (Lipinski definition) is 3. The first-order chi connectivity index (χ1) is 27.2. The second-order valence-corrected chi connectivity index (χ2v) is 14.0. The molecule has 0 spiro atoms. The molecule has 0 N–H and O–H groups in total. The van der Waals surface area contributed by atoms with Gasteiger partial charge in [-0.2, -0.15) is 10.5 Å². The molecule has 11 rings (SSSR count). The van der Waals surface area contributed by atoms with Crippen molar-refractivity contribution in [1.29, 1.82) is 10.5 Å². The van der Waals surface area contributed by atoms with Crippen LogP contribution in [0.1, 0.15) is 11.1 Å². The largest absolute Gasteiger partial charge is 0.455 e. The molecule has 0 bridgehead atoms. The molecule has 0 amide bonds. The van der Waals surface area contributed by atoms with Gasteiger partial charge in [-0.3, -0.25) is 0 Å². The number of para-hydroxylation sites is 4. The van der Waals surface area contributed by atoms with Crippen molar-refractivity contribution in [2.45, 2.75) is 0 Å². The fourth-order valence-electron chi connectivity index (χ4n) is 8.53. The Hall–Kier alpha value is -7.86. The minimum Gasteiger partial charge on any atom is -0.455 e. The first kappa shape index (κ1) is 30.7. The molecule has 254 valence electrons. The Morgan fingerprint density at radius 1 is 0.418 bits per heavy atom. The van der Waals surface area contributed by atoms with Crippen molar-refractivity contribution >= 4 is 65.6 Å². The van der Waals surface area contributed by atoms with E-state index >= 15 is 0 Å². The van der Waals surface area contributed by atoms with Crippen LogP contribution in [0.4, 0.5) is 0 Å². The molecule has 5 heteroatoms. The van der Waals surface area contributed by atoms with Gasteiger partial charge in [-0.1, -0.05) is 97.1 Å². The molecule has 11 aromatic rings. The maximum Gasteiger partial charge on any atom is 0.145 e. The fourth-order valence-corrected chi connectivity index (χ4v) is 8.53. The lowest BCUT2D eigenvalue weighted by atomic mass is 9.94. The van der Waals surface area contributed by atoms with Crippen LogP contribution in [0.15, 0.2) is 174 Å². The SMILES string of the molecule is N#Cc1ccc(-c2ccc(-c3cc(-n4c5ccccc5c5ccccc54)cc(-n4c5ccccc5c5c6oc7ccccc7c6ccc54)c3)cc2C#N)cc1. The van der Waals surface area contributed by atoms with Gasteiger partial charge in [-0.05, 0) is 95.1 Å². The van der Waals surface area contributed by atoms with Crippen molar-refractivity contribution in [1.82, 2.24) is 9.13 Å². The van der Waals surface area contributed by atoms with Gasteiger partial charge in [0.2, 0.25) is 0 Å². The first-order valence-electron chi connectivity index (χ1n) is 18.2. The fraction of sp³-hybridized carbons (Fsp3) is 0. The third-order valence-electron chi connectivity index (χ3n) is 11.0. The van der Waals surface area contributed by atoms with Crippen molar-refractivity contribution in [2.75, 3.05) is 0 Å². The van der Waals surface area contributed by atoms with Crippen LogP contribution in [0.5, 0.6) is 0 Å². The summed E-state index contributed by atoms with van der Waals surface area (Å²) in [5.74, 6) is 0. The van der Waals surface area contributed by atoms with Crippen LogP contribution in [0.2, 0.25) is 0 Å². The zero-order valence-corrected chi connectivity index (χ0v) is 29.4. The lowest BCUT2D eigenvalue weighted by Crippen LogP contribution is -2.00. The van der Waals surface area contributed by atoms with E-state index in [1.165, 1.54) is 10.8 Å². The average Bonchev–Trinajstić information content (AvgIpc) is 3.91. The van der Waals surface area contributed by atoms with Crippen LogP contribution in [-0.4, -0.2) is 9.13 Å². The number of hydrogen-bond donors (Lipinski definition) is 0. The number of benzene rings is 8. The summed E-state index contributed by atoms with van der Waals surface area (Å²) in [6.45, 7) is 0. The predicted molar refractivity (Wildman–Crippen MR) is 223 cm³/mol. The Bertz CT molecular complexity index is 3400. The van der Waals surface area contributed by atoms with E-state index in [2.05, 4.69) is 143 Å². The zero-order chi connectivity index (χ0) is 36.6. The summed E-state index contributed by atoms with van der Waals surface area (Å²) in [4.78, 5) is 0. The maximum absolute atomic E-state index is 10.5. The minimum atomic E-state index is 0.565. The van der Waals surface area contributed by atoms with E-state index in [0.29, 0.717) is 11.1 Å². The predicted octanol–water partition coefficient (Wildman–Crippen LogP) is 12.9. The molecule has 0 fully saturated rings. The van der Waals surface area contributed by atoms with Crippen molar-refractivity contribution in [3.05, 3.63) is 181 Å². The van der Waals surface area contributed by atoms with E-state index in [0.717, 1.165) is 88.4 Å². The molecular weight excluding hydrogens is 673 g/mol. The highest BCUT2D eigenvalue weighted by Gasteiger charge is 2.21. The van der Waals surface area contributed by atoms with Gasteiger partial charge in [0.25, 0.3) is 0 Å². The molecule has 55 heavy (non-hydrogen) atoms. The van der Waals surface area contributed by atoms with E-state index in [-0.39, 0.29) is 0 Å². The van der Waals surface area contributed by atoms with Gasteiger partial charge in [0.1, 0.15) is 11.2 Å². The molecule has 0 saturated carbocycles. The summed E-state index contributed by atoms with van der Waals surface area (Å²) >= 11 is 0. The zero-order valence-electron chi connectivity index (χ0n) is 29.4. The van der Waals surface area contributed by atoms with Gasteiger partial charge in [0, 0.05) is 38.3 Å². The van der Waals surface area contributed by atoms with Crippen LogP contribution in [0.25, 0.3) is 99.2 Å². The van der Waals surface area contributed by atoms with Gasteiger partial charge in [-0.15, -0.1) is 0 Å². The number of fused-ring (bicyclic) bond motifs is 10. The molecule has 0 radical (unpaired) electrons. The molecule has 0 aliphatic heterocycles. The van der Waals surface area contributed by atoms with Crippen LogP contribution in [0, 0.1) is 22.7 Å². The second kappa shape index (κ2) is 11.8. The Balaban J connectivity index is 1.21. The van der Waals surface area contributed by atoms with Gasteiger partial charge >= 0.3 is 0 Å². The number of rotatable bonds is 4. The van der Waals surface area contributed by atoms with Crippen molar-refractivity contribution in [2.24, 2.45) is 0 Å². The molecule has 0 atom stereocenters. The lowest BCUT2D eigenvalue weighted by molar-refractivity contribution is 0.673. The number of nitriles is 2. The standard InChI is InChI=1S/C50H28N4O/c51-29-31-17-19-32(20-18-31)38-22-21-33(25-35(38)30-52)34-26-36(53-44-13-5-1-9-39(44)40-10-2-6-14-45(40)53)28-37(27-34)54-46-15-7-3-12-43(46)49-47(54)24-23-42-41-11-4-8-16-48(41)55-50(42)49/h1-28H. The molecule has 0 aliphatic carbocycles. The topological polar surface area (TPSA) is 70.6 Å². The van der Waals surface area contributed by atoms with Gasteiger partial charge < -0.3 is 13.6 Å². The molecule has 8 aromatic carbocycles. The number of nitrogens with zero attached hydrogens (tertiary/aromatic N) is 4. The molecule has 3 aromatic heterocycles. The van der Waals surface area contributed by atoms with Crippen LogP contribution >= 0.6 is 0 Å². The van der Waals surface area contributed by atoms with E-state index in [1.54, 1.807) is 12.1 Å². The summed E-state index contributed by atoms with van der Waals surface area (Å²) in [6.07, 6.45) is 0. The maximum atomic E-state index is 10.5. The molecular formula is C50H28N4O. The number of aromatic nitrogens is 2. The third-order valence-corrected chi connectivity index (χ3v) is 11.0. The quantitative estimate of drug-likeness (QED) is 0.183. The van der Waals surface area contributed by atoms with E-state index in [9.17, 15) is 10.5 Å². The molecule has 0 saturated heterocycles. The summed E-state index contributed by atoms with van der Waals surface area (Å²) < 4.78 is 11.3. The van der Waals surface area contributed by atoms with Crippen LogP contribution < -0.4 is 0 Å². The smallest absolute Gasteiger partial charge is 0.145 e. The van der Waals surface area contributed by atoms with Gasteiger partial charge in [-0.25, -0.2) is 0 Å². The molecule has 0 unspecified atom stereocenters. The van der Waals surface area contributed by atoms with Crippen LogP contribution in [-0.2, 0) is 0 Å². The third kappa shape index (κ3) is 4.58. The normalized spacial score (nSPS) is 11.6. The van der Waals surface area contributed by atoms with Gasteiger partial charge in [0.05, 0.1) is 50.7 Å². The highest BCUT2D eigenvalue weighted by atomic mass is 16.3. The van der Waals surface area contributed by atoms with E-state index in [1.807, 2.05) is 36.4 Å². The highest BCUT2D eigenvalue weighted by molar-refractivity contribution is 6.24. The monoisotopic (exact) mass is 700 g/mol. The summed E-state index contributed by atoms with van der Waals surface area (Å²) in [5, 5.41) is 26.6. The second-order valence-electron chi connectivity index (χ2n) is 14.0. The Morgan fingerprint density at radius 3 is 1.67 bits per heavy atom. The lowest BCUT2D eigenvalue weighted by Gasteiger charge is -2.16. The summed E-state index contributed by atoms with van der Waals surface area (Å²) in [6, 6.07) is 63.1. The Labute approximate surface area is 315 Å². The van der Waals surface area contributed by atoms with E-state index in [4.69, 9.17) is 4.42 Å². The van der Waals surface area contributed by atoms with Crippen molar-refractivity contribution in [3.8, 4) is 45.8 Å². The molecule has 5 nitrogen and oxygen atoms in total. The summed E-state index contributed by atoms with van der Waals surface area (Å²) in [5.41, 5.74) is 12.9. The van der Waals surface area contributed by atoms with Crippen LogP contribution in [0.3, 0.4) is 0 Å². The first-order valence-corrected chi connectivity index (χ1v) is 18.2. The van der Waals surface area contributed by atoms with Crippen molar-refractivity contribution in [3.63, 3.8) is 0 Å². The Morgan fingerprint density at radius 2 is 1.00 bits per heavy atom. The minimum absolute atomic E-state index is 0.565. The molecule has 0 aliphatic rings. The van der Waals surface area contributed by atoms with Crippen molar-refractivity contribution < 1.29 is 4.42 Å². The highest BCUT2D eigenvalue weighted by Crippen LogP contribution is 2.42.